The molecule has 0 spiro atoms. The average Bonchev–Trinajstić information content (AvgIpc) is 3.49. The third-order valence-electron chi connectivity index (χ3n) is 18.8. The smallest absolute Gasteiger partial charge is 0.311 e. The van der Waals surface area contributed by atoms with Crippen LogP contribution in [0.1, 0.15) is 128 Å². The van der Waals surface area contributed by atoms with Gasteiger partial charge in [-0.3, -0.25) is 19.3 Å². The highest BCUT2D eigenvalue weighted by molar-refractivity contribution is 5.93. The Bertz CT molecular complexity index is 2020. The van der Waals surface area contributed by atoms with Crippen LogP contribution in [-0.2, 0) is 28.6 Å². The molecule has 16 nitrogen and oxygen atoms in total. The molecule has 71 heavy (non-hydrogen) atoms. The fraction of sp³-hybridized carbons (Fsp3) is 0.868. The van der Waals surface area contributed by atoms with Crippen molar-refractivity contribution in [1.29, 1.82) is 0 Å². The number of fused-ring (bicyclic) bond motifs is 5. The summed E-state index contributed by atoms with van der Waals surface area (Å²) >= 11 is 0. The van der Waals surface area contributed by atoms with Gasteiger partial charge < -0.3 is 60.2 Å². The zero-order valence-electron chi connectivity index (χ0n) is 44.4. The number of ketones is 1. The number of halogens is 2. The van der Waals surface area contributed by atoms with E-state index in [0.717, 1.165) is 0 Å². The zero-order valence-corrected chi connectivity index (χ0v) is 44.4. The number of nitrogens with one attached hydrogen (secondary N) is 1. The number of ether oxygens (including phenoxy) is 3. The molecule has 6 aliphatic rings. The topological polar surface area (TPSA) is 239 Å². The molecule has 0 bridgehead atoms. The van der Waals surface area contributed by atoms with Crippen LogP contribution in [0.5, 0.6) is 0 Å². The van der Waals surface area contributed by atoms with E-state index in [1.807, 2.05) is 37.7 Å². The predicted molar refractivity (Wildman–Crippen MR) is 259 cm³/mol. The summed E-state index contributed by atoms with van der Waals surface area (Å²) in [6, 6.07) is -1.14. The number of hydrogen-bond acceptors (Lipinski definition) is 15. The number of aliphatic hydroxyl groups excluding tert-OH is 4. The fourth-order valence-electron chi connectivity index (χ4n) is 14.5. The Morgan fingerprint density at radius 2 is 1.61 bits per heavy atom. The van der Waals surface area contributed by atoms with E-state index in [9.17, 15) is 50.1 Å². The number of nitrogens with zero attached hydrogens (tertiary/aromatic N) is 2. The standard InChI is InChI=1S/C53H87F2N3O13/c1-14-40-51(11,67)43(63)32(7)58(26-27(2)24-50(10,66)44(30(5)41(61)31(6)45(64)70-40)71-46-42(62)38(57(12)13)21-29(4)69-46)19-15-18-56-47(65)53(68)28(3)20-34-35-23-37(54)36-22-33(59)16-17-48(36,8)52(35,55)39(60)25-49(34,53)9/h16-17,27-32,34-35,38-44,46,60-63,66-68H,14-15,18-26H2,1-13H3,(H,56,65)/t27-,28-,29-,30+,31-,32-,34?,35?,38-,39+,40-,41+,42-,43-,44-,46+,48+,49+,50-,51-,52+,53+/m1/s1. The van der Waals surface area contributed by atoms with Crippen molar-refractivity contribution in [3.8, 4) is 0 Å². The normalized spacial score (nSPS) is 49.3. The van der Waals surface area contributed by atoms with Crippen LogP contribution in [0.15, 0.2) is 23.6 Å². The first kappa shape index (κ1) is 57.8. The van der Waals surface area contributed by atoms with Gasteiger partial charge in [-0.15, -0.1) is 0 Å². The summed E-state index contributed by atoms with van der Waals surface area (Å²) in [6.45, 7) is 18.6. The Morgan fingerprint density at radius 3 is 2.23 bits per heavy atom. The molecule has 2 saturated heterocycles. The molecule has 8 N–H and O–H groups in total. The van der Waals surface area contributed by atoms with Crippen LogP contribution >= 0.6 is 0 Å². The van der Waals surface area contributed by atoms with Crippen molar-refractivity contribution in [3.05, 3.63) is 23.6 Å². The third-order valence-corrected chi connectivity index (χ3v) is 18.8. The maximum atomic E-state index is 17.8. The highest BCUT2D eigenvalue weighted by Crippen LogP contribution is 2.71. The Balaban J connectivity index is 1.23. The summed E-state index contributed by atoms with van der Waals surface area (Å²) in [4.78, 5) is 44.4. The number of hydrogen-bond donors (Lipinski definition) is 8. The van der Waals surface area contributed by atoms with E-state index in [-0.39, 0.29) is 94.0 Å². The summed E-state index contributed by atoms with van der Waals surface area (Å²) in [6.07, 6.45) is -6.80. The number of alkyl halides is 1. The van der Waals surface area contributed by atoms with Crippen molar-refractivity contribution in [2.24, 2.45) is 46.3 Å². The number of likely N-dealkylation sites (N-methyl/N-ethyl adjacent to an activating group) is 1. The van der Waals surface area contributed by atoms with Gasteiger partial charge >= 0.3 is 5.97 Å². The van der Waals surface area contributed by atoms with Crippen molar-refractivity contribution < 1.29 is 73.1 Å². The minimum absolute atomic E-state index is 0.0293. The molecule has 406 valence electrons. The van der Waals surface area contributed by atoms with Crippen molar-refractivity contribution >= 4 is 17.7 Å². The maximum Gasteiger partial charge on any atom is 0.311 e. The molecule has 4 aliphatic carbocycles. The van der Waals surface area contributed by atoms with Crippen molar-refractivity contribution in [2.45, 2.75) is 211 Å². The van der Waals surface area contributed by atoms with Crippen LogP contribution in [0.2, 0.25) is 0 Å². The van der Waals surface area contributed by atoms with E-state index in [2.05, 4.69) is 5.32 Å². The first-order valence-corrected chi connectivity index (χ1v) is 26.1. The zero-order chi connectivity index (χ0) is 53.3. The SMILES string of the molecule is CC[C@H]1OC(=O)[C@H](C)[C@@H](O)[C@H](C)[C@@H](O[C@@H]2O[C@H](C)C[C@@H](N(C)C)[C@H]2O)[C@](C)(O)C[C@@H](C)CN(CCCNC(=O)[C@@]2(O)[C@H](C)CC3C4CC(F)=C5CC(=O)C=C[C@]5(C)[C@@]4(F)[C@@H](O)C[C@@]32C)[C@H](C)[C@@H](O)[C@]1(C)O. The van der Waals surface area contributed by atoms with Gasteiger partial charge in [0.15, 0.2) is 23.3 Å². The first-order chi connectivity index (χ1) is 32.8. The molecule has 22 atom stereocenters. The lowest BCUT2D eigenvalue weighted by Crippen LogP contribution is -2.70. The van der Waals surface area contributed by atoms with Crippen LogP contribution in [-0.4, -0.2) is 181 Å². The van der Waals surface area contributed by atoms with E-state index in [4.69, 9.17) is 14.2 Å². The summed E-state index contributed by atoms with van der Waals surface area (Å²) < 4.78 is 52.3. The molecule has 18 heteroatoms. The Kier molecular flexibility index (Phi) is 17.0. The average molecular weight is 1010 g/mol. The lowest BCUT2D eigenvalue weighted by atomic mass is 9.45. The van der Waals surface area contributed by atoms with E-state index in [1.54, 1.807) is 41.5 Å². The van der Waals surface area contributed by atoms with Gasteiger partial charge in [0.1, 0.15) is 29.7 Å². The molecule has 4 fully saturated rings. The second kappa shape index (κ2) is 20.9. The third kappa shape index (κ3) is 9.97. The summed E-state index contributed by atoms with van der Waals surface area (Å²) in [5.74, 6) is -7.45. The van der Waals surface area contributed by atoms with Gasteiger partial charge in [-0.25, -0.2) is 8.78 Å². The summed E-state index contributed by atoms with van der Waals surface area (Å²) in [7, 11) is 3.68. The first-order valence-electron chi connectivity index (χ1n) is 26.1. The van der Waals surface area contributed by atoms with Gasteiger partial charge in [-0.1, -0.05) is 40.7 Å². The van der Waals surface area contributed by atoms with Crippen molar-refractivity contribution in [2.75, 3.05) is 33.7 Å². The van der Waals surface area contributed by atoms with Crippen LogP contribution < -0.4 is 5.32 Å². The number of cyclic esters (lactones) is 1. The Morgan fingerprint density at radius 1 is 0.958 bits per heavy atom. The molecule has 0 aromatic rings. The minimum atomic E-state index is -2.36. The Labute approximate surface area is 419 Å². The summed E-state index contributed by atoms with van der Waals surface area (Å²) in [5.41, 5.74) is -11.1. The van der Waals surface area contributed by atoms with E-state index < -0.39 is 130 Å². The summed E-state index contributed by atoms with van der Waals surface area (Å²) in [5, 5.41) is 87.1. The molecular formula is C53H87F2N3O13. The van der Waals surface area contributed by atoms with Gasteiger partial charge in [0.05, 0.1) is 35.9 Å². The molecular weight excluding hydrogens is 925 g/mol. The number of rotatable bonds is 9. The monoisotopic (exact) mass is 1010 g/mol. The number of carbonyl (C=O) groups excluding carboxylic acids is 3. The molecule has 6 rings (SSSR count). The number of allylic oxidation sites excluding steroid dienone is 4. The number of amides is 1. The molecule has 0 aromatic carbocycles. The van der Waals surface area contributed by atoms with E-state index in [0.29, 0.717) is 6.42 Å². The second-order valence-electron chi connectivity index (χ2n) is 24.1. The minimum Gasteiger partial charge on any atom is -0.459 e. The van der Waals surface area contributed by atoms with E-state index in [1.165, 1.54) is 32.9 Å². The van der Waals surface area contributed by atoms with Crippen molar-refractivity contribution in [3.63, 3.8) is 0 Å². The van der Waals surface area contributed by atoms with Crippen LogP contribution in [0, 0.1) is 46.3 Å². The fourth-order valence-corrected chi connectivity index (χ4v) is 14.5. The number of aliphatic hydroxyl groups is 7. The Hall–Kier alpha value is -2.49. The van der Waals surface area contributed by atoms with Gasteiger partial charge in [0, 0.05) is 67.2 Å². The number of esters is 1. The second-order valence-corrected chi connectivity index (χ2v) is 24.1. The van der Waals surface area contributed by atoms with Crippen molar-refractivity contribution in [1.82, 2.24) is 15.1 Å². The molecule has 1 amide bonds. The largest absolute Gasteiger partial charge is 0.459 e. The number of carbonyl (C=O) groups is 3. The molecule has 2 saturated carbocycles. The maximum absolute atomic E-state index is 17.8. The van der Waals surface area contributed by atoms with Crippen LogP contribution in [0.25, 0.3) is 0 Å². The van der Waals surface area contributed by atoms with Gasteiger partial charge in [0.2, 0.25) is 0 Å². The van der Waals surface area contributed by atoms with Gasteiger partial charge in [-0.05, 0) is 124 Å². The molecule has 0 radical (unpaired) electrons. The molecule has 2 unspecified atom stereocenters. The van der Waals surface area contributed by atoms with Gasteiger partial charge in [0.25, 0.3) is 5.91 Å². The molecule has 2 aliphatic heterocycles. The molecule has 0 aromatic heterocycles. The lowest BCUT2D eigenvalue weighted by Gasteiger charge is -2.62. The molecule has 2 heterocycles. The van der Waals surface area contributed by atoms with Crippen LogP contribution in [0.4, 0.5) is 8.78 Å². The van der Waals surface area contributed by atoms with Gasteiger partial charge in [-0.2, -0.15) is 0 Å². The highest BCUT2D eigenvalue weighted by atomic mass is 19.1. The highest BCUT2D eigenvalue weighted by Gasteiger charge is 2.76. The quantitative estimate of drug-likeness (QED) is 0.122. The van der Waals surface area contributed by atoms with Crippen LogP contribution in [0.3, 0.4) is 0 Å². The van der Waals surface area contributed by atoms with E-state index >= 15 is 8.78 Å². The predicted octanol–water partition coefficient (Wildman–Crippen LogP) is 3.50. The lowest BCUT2D eigenvalue weighted by molar-refractivity contribution is -0.299.